The van der Waals surface area contributed by atoms with Crippen LogP contribution in [0.25, 0.3) is 6.08 Å². The molecule has 0 radical (unpaired) electrons. The second-order valence-electron chi connectivity index (χ2n) is 3.03. The summed E-state index contributed by atoms with van der Waals surface area (Å²) >= 11 is 4.89. The van der Waals surface area contributed by atoms with E-state index in [1.165, 1.54) is 0 Å². The highest BCUT2D eigenvalue weighted by molar-refractivity contribution is 7.80. The monoisotopic (exact) mass is 209 g/mol. The van der Waals surface area contributed by atoms with Crippen LogP contribution in [0.3, 0.4) is 0 Å². The highest BCUT2D eigenvalue weighted by atomic mass is 32.1. The third kappa shape index (κ3) is 2.12. The Morgan fingerprint density at radius 1 is 1.50 bits per heavy atom. The van der Waals surface area contributed by atoms with Gasteiger partial charge in [0.2, 0.25) is 0 Å². The van der Waals surface area contributed by atoms with Crippen molar-refractivity contribution in [3.63, 3.8) is 0 Å². The van der Waals surface area contributed by atoms with Crippen LogP contribution in [0.5, 0.6) is 0 Å². The molecular weight excluding hydrogens is 198 g/mol. The van der Waals surface area contributed by atoms with Crippen LogP contribution in [0.2, 0.25) is 0 Å². The lowest BCUT2D eigenvalue weighted by Gasteiger charge is -2.00. The molecule has 0 aromatic carbocycles. The lowest BCUT2D eigenvalue weighted by Crippen LogP contribution is -2.31. The molecular formula is C9H11N3OS. The topological polar surface area (TPSA) is 49.2 Å². The standard InChI is InChI=1S/C9H11N3OS/c1-6-2-3-7(13-6)4-5-8-10-9(14)12-11-8/h2-5,8,11H,1H3,(H2,10,12,14)/b5-4+. The van der Waals surface area contributed by atoms with E-state index in [4.69, 9.17) is 16.6 Å². The second-order valence-corrected chi connectivity index (χ2v) is 3.44. The van der Waals surface area contributed by atoms with E-state index < -0.39 is 0 Å². The average molecular weight is 209 g/mol. The van der Waals surface area contributed by atoms with E-state index in [-0.39, 0.29) is 6.17 Å². The maximum absolute atomic E-state index is 5.37. The Kier molecular flexibility index (Phi) is 2.51. The van der Waals surface area contributed by atoms with Gasteiger partial charge in [0.05, 0.1) is 0 Å². The Bertz CT molecular complexity index is 372. The van der Waals surface area contributed by atoms with Crippen molar-refractivity contribution in [2.75, 3.05) is 0 Å². The van der Waals surface area contributed by atoms with Crippen LogP contribution in [-0.2, 0) is 0 Å². The molecule has 14 heavy (non-hydrogen) atoms. The number of furan rings is 1. The zero-order chi connectivity index (χ0) is 9.97. The van der Waals surface area contributed by atoms with Crippen molar-refractivity contribution < 1.29 is 4.42 Å². The largest absolute Gasteiger partial charge is 0.462 e. The first-order valence-corrected chi connectivity index (χ1v) is 4.71. The molecule has 2 heterocycles. The third-order valence-electron chi connectivity index (χ3n) is 1.84. The number of hydrogen-bond donors (Lipinski definition) is 3. The van der Waals surface area contributed by atoms with Crippen LogP contribution in [0, 0.1) is 6.92 Å². The van der Waals surface area contributed by atoms with Crippen LogP contribution in [0.1, 0.15) is 11.5 Å². The number of hydrogen-bond acceptors (Lipinski definition) is 3. The number of aryl methyl sites for hydroxylation is 1. The molecule has 1 aromatic heterocycles. The highest BCUT2D eigenvalue weighted by Crippen LogP contribution is 2.08. The van der Waals surface area contributed by atoms with Gasteiger partial charge in [0.1, 0.15) is 17.7 Å². The maximum Gasteiger partial charge on any atom is 0.182 e. The summed E-state index contributed by atoms with van der Waals surface area (Å²) in [4.78, 5) is 0. The molecule has 74 valence electrons. The van der Waals surface area contributed by atoms with E-state index in [0.29, 0.717) is 5.11 Å². The van der Waals surface area contributed by atoms with Gasteiger partial charge in [-0.05, 0) is 43.4 Å². The Hall–Kier alpha value is -1.33. The molecule has 2 rings (SSSR count). The molecule has 1 atom stereocenters. The van der Waals surface area contributed by atoms with Crippen molar-refractivity contribution in [2.24, 2.45) is 0 Å². The predicted octanol–water partition coefficient (Wildman–Crippen LogP) is 0.910. The first-order chi connectivity index (χ1) is 6.74. The lowest BCUT2D eigenvalue weighted by molar-refractivity contribution is 0.524. The fourth-order valence-electron chi connectivity index (χ4n) is 1.19. The average Bonchev–Trinajstić information content (AvgIpc) is 2.72. The van der Waals surface area contributed by atoms with Gasteiger partial charge in [-0.15, -0.1) is 0 Å². The minimum atomic E-state index is 0.0212. The molecule has 0 saturated carbocycles. The second kappa shape index (κ2) is 3.81. The van der Waals surface area contributed by atoms with Gasteiger partial charge in [-0.3, -0.25) is 5.43 Å². The summed E-state index contributed by atoms with van der Waals surface area (Å²) in [6.07, 6.45) is 3.85. The van der Waals surface area contributed by atoms with Gasteiger partial charge in [0, 0.05) is 0 Å². The Balaban J connectivity index is 1.97. The van der Waals surface area contributed by atoms with Gasteiger partial charge >= 0.3 is 0 Å². The van der Waals surface area contributed by atoms with Crippen molar-refractivity contribution in [1.29, 1.82) is 0 Å². The number of rotatable bonds is 2. The van der Waals surface area contributed by atoms with Crippen LogP contribution in [0.15, 0.2) is 22.6 Å². The molecule has 0 amide bonds. The van der Waals surface area contributed by atoms with E-state index in [2.05, 4.69) is 16.2 Å². The summed E-state index contributed by atoms with van der Waals surface area (Å²) in [5, 5.41) is 3.62. The first-order valence-electron chi connectivity index (χ1n) is 4.31. The smallest absolute Gasteiger partial charge is 0.182 e. The van der Waals surface area contributed by atoms with Crippen LogP contribution in [-0.4, -0.2) is 11.3 Å². The van der Waals surface area contributed by atoms with Crippen LogP contribution >= 0.6 is 12.2 Å². The molecule has 0 bridgehead atoms. The maximum atomic E-state index is 5.37. The summed E-state index contributed by atoms with van der Waals surface area (Å²) in [5.74, 6) is 1.74. The molecule has 1 fully saturated rings. The molecule has 1 aliphatic rings. The fourth-order valence-corrected chi connectivity index (χ4v) is 1.37. The van der Waals surface area contributed by atoms with E-state index >= 15 is 0 Å². The van der Waals surface area contributed by atoms with E-state index in [1.807, 2.05) is 31.2 Å². The SMILES string of the molecule is Cc1ccc(/C=C/C2NNC(=S)N2)o1. The molecule has 1 saturated heterocycles. The fraction of sp³-hybridized carbons (Fsp3) is 0.222. The summed E-state index contributed by atoms with van der Waals surface area (Å²) in [6, 6.07) is 3.85. The number of hydrazine groups is 1. The number of thiocarbonyl (C=S) groups is 1. The van der Waals surface area contributed by atoms with Crippen molar-refractivity contribution in [2.45, 2.75) is 13.1 Å². The molecule has 5 heteroatoms. The molecule has 0 aliphatic carbocycles. The van der Waals surface area contributed by atoms with Crippen molar-refractivity contribution in [3.05, 3.63) is 29.7 Å². The minimum Gasteiger partial charge on any atom is -0.462 e. The first kappa shape index (κ1) is 9.23. The van der Waals surface area contributed by atoms with Crippen LogP contribution in [0.4, 0.5) is 0 Å². The van der Waals surface area contributed by atoms with Crippen molar-refractivity contribution >= 4 is 23.4 Å². The zero-order valence-corrected chi connectivity index (χ0v) is 8.52. The van der Waals surface area contributed by atoms with Crippen molar-refractivity contribution in [1.82, 2.24) is 16.2 Å². The minimum absolute atomic E-state index is 0.0212. The summed E-state index contributed by atoms with van der Waals surface area (Å²) in [5.41, 5.74) is 5.75. The van der Waals surface area contributed by atoms with Gasteiger partial charge in [-0.1, -0.05) is 0 Å². The van der Waals surface area contributed by atoms with E-state index in [0.717, 1.165) is 11.5 Å². The molecule has 4 nitrogen and oxygen atoms in total. The van der Waals surface area contributed by atoms with E-state index in [9.17, 15) is 0 Å². The summed E-state index contributed by atoms with van der Waals surface area (Å²) in [7, 11) is 0. The number of nitrogens with one attached hydrogen (secondary N) is 3. The molecule has 1 unspecified atom stereocenters. The van der Waals surface area contributed by atoms with Gasteiger partial charge in [0.25, 0.3) is 0 Å². The zero-order valence-electron chi connectivity index (χ0n) is 7.70. The van der Waals surface area contributed by atoms with Gasteiger partial charge in [0.15, 0.2) is 5.11 Å². The summed E-state index contributed by atoms with van der Waals surface area (Å²) in [6.45, 7) is 1.92. The predicted molar refractivity (Wildman–Crippen MR) is 58.3 cm³/mol. The lowest BCUT2D eigenvalue weighted by atomic mass is 10.3. The third-order valence-corrected chi connectivity index (χ3v) is 2.06. The quantitative estimate of drug-likeness (QED) is 0.632. The molecule has 3 N–H and O–H groups in total. The normalized spacial score (nSPS) is 21.2. The van der Waals surface area contributed by atoms with Crippen LogP contribution < -0.4 is 16.2 Å². The van der Waals surface area contributed by atoms with Gasteiger partial charge in [-0.2, -0.15) is 0 Å². The van der Waals surface area contributed by atoms with E-state index in [1.54, 1.807) is 0 Å². The van der Waals surface area contributed by atoms with Crippen molar-refractivity contribution in [3.8, 4) is 0 Å². The Labute approximate surface area is 87.3 Å². The van der Waals surface area contributed by atoms with Gasteiger partial charge < -0.3 is 9.73 Å². The molecule has 1 aliphatic heterocycles. The van der Waals surface area contributed by atoms with Gasteiger partial charge in [-0.25, -0.2) is 5.43 Å². The molecule has 1 aromatic rings. The Morgan fingerprint density at radius 2 is 2.36 bits per heavy atom. The molecule has 0 spiro atoms. The highest BCUT2D eigenvalue weighted by Gasteiger charge is 2.12. The summed E-state index contributed by atoms with van der Waals surface area (Å²) < 4.78 is 5.37. The Morgan fingerprint density at radius 3 is 2.93 bits per heavy atom.